The van der Waals surface area contributed by atoms with Crippen LogP contribution in [-0.2, 0) is 9.57 Å². The van der Waals surface area contributed by atoms with Crippen LogP contribution in [0.1, 0.15) is 12.6 Å². The fraction of sp³-hybridized carbons (Fsp3) is 0.333. The molecule has 6 nitrogen and oxygen atoms in total. The van der Waals surface area contributed by atoms with Gasteiger partial charge in [-0.2, -0.15) is 0 Å². The summed E-state index contributed by atoms with van der Waals surface area (Å²) in [6.45, 7) is 4.29. The second-order valence-corrected chi connectivity index (χ2v) is 5.14. The number of hydrogen-bond donors (Lipinski definition) is 1. The van der Waals surface area contributed by atoms with Crippen LogP contribution in [0.5, 0.6) is 0 Å². The predicted molar refractivity (Wildman–Crippen MR) is 80.4 cm³/mol. The number of nitrogens with zero attached hydrogens (tertiary/aromatic N) is 2. The number of pyridine rings is 1. The zero-order valence-corrected chi connectivity index (χ0v) is 12.2. The van der Waals surface area contributed by atoms with Crippen molar-refractivity contribution in [2.45, 2.75) is 19.9 Å². The Morgan fingerprint density at radius 2 is 2.24 bits per heavy atom. The number of amides is 1. The number of anilines is 2. The van der Waals surface area contributed by atoms with Gasteiger partial charge in [-0.05, 0) is 37.4 Å². The average Bonchev–Trinajstić information content (AvgIpc) is 2.78. The summed E-state index contributed by atoms with van der Waals surface area (Å²) in [4.78, 5) is 22.9. The van der Waals surface area contributed by atoms with E-state index < -0.39 is 0 Å². The summed E-state index contributed by atoms with van der Waals surface area (Å²) in [5.41, 5.74) is 5.31. The molecule has 6 heteroatoms. The first-order valence-corrected chi connectivity index (χ1v) is 6.75. The molecule has 21 heavy (non-hydrogen) atoms. The van der Waals surface area contributed by atoms with E-state index in [1.165, 1.54) is 0 Å². The Hall–Kier alpha value is -2.34. The molecule has 0 saturated carbocycles. The summed E-state index contributed by atoms with van der Waals surface area (Å²) in [7, 11) is 1.55. The molecule has 0 bridgehead atoms. The second kappa shape index (κ2) is 5.21. The Labute approximate surface area is 122 Å². The highest BCUT2D eigenvalue weighted by atomic mass is 16.6. The lowest BCUT2D eigenvalue weighted by Crippen LogP contribution is -2.30. The largest absolute Gasteiger partial charge is 0.447 e. The van der Waals surface area contributed by atoms with Crippen molar-refractivity contribution in [3.63, 3.8) is 0 Å². The molecule has 1 aromatic carbocycles. The number of benzene rings is 1. The molecule has 0 spiro atoms. The molecule has 2 heterocycles. The highest BCUT2D eigenvalue weighted by Gasteiger charge is 2.31. The van der Waals surface area contributed by atoms with Gasteiger partial charge in [0.15, 0.2) is 0 Å². The Balaban J connectivity index is 2.17. The maximum absolute atomic E-state index is 11.9. The van der Waals surface area contributed by atoms with Gasteiger partial charge >= 0.3 is 6.09 Å². The Bertz CT molecular complexity index is 702. The van der Waals surface area contributed by atoms with Gasteiger partial charge in [-0.15, -0.1) is 0 Å². The van der Waals surface area contributed by atoms with E-state index >= 15 is 0 Å². The van der Waals surface area contributed by atoms with Gasteiger partial charge in [0.25, 0.3) is 0 Å². The number of carbonyl (C=O) groups excluding carboxylic acids is 1. The molecule has 1 unspecified atom stereocenters. The second-order valence-electron chi connectivity index (χ2n) is 5.14. The van der Waals surface area contributed by atoms with Crippen molar-refractivity contribution in [3.05, 3.63) is 30.1 Å². The van der Waals surface area contributed by atoms with Gasteiger partial charge in [0.1, 0.15) is 6.61 Å². The molecule has 0 radical (unpaired) electrons. The molecule has 1 amide bonds. The summed E-state index contributed by atoms with van der Waals surface area (Å²) in [5.74, 6) is 0. The molecule has 0 aliphatic carbocycles. The van der Waals surface area contributed by atoms with Crippen LogP contribution in [0.15, 0.2) is 24.4 Å². The molecule has 1 aliphatic rings. The molecular formula is C15H17N3O3. The minimum atomic E-state index is -0.323. The van der Waals surface area contributed by atoms with Gasteiger partial charge in [0.2, 0.25) is 0 Å². The third-order valence-corrected chi connectivity index (χ3v) is 3.53. The summed E-state index contributed by atoms with van der Waals surface area (Å²) in [6, 6.07) is 5.82. The standard InChI is InChI=1S/C15H17N3O3/c1-9-4-11-5-12(18-10(2)8-21-15(18)19)6-14(17-20-3)13(11)7-16-9/h4-7,10,17H,8H2,1-3H3. The lowest BCUT2D eigenvalue weighted by atomic mass is 10.1. The number of cyclic esters (lactones) is 1. The summed E-state index contributed by atoms with van der Waals surface area (Å²) >= 11 is 0. The minimum absolute atomic E-state index is 0.00767. The van der Waals surface area contributed by atoms with Crippen molar-refractivity contribution >= 4 is 28.2 Å². The van der Waals surface area contributed by atoms with Crippen LogP contribution < -0.4 is 10.4 Å². The molecule has 110 valence electrons. The van der Waals surface area contributed by atoms with E-state index in [9.17, 15) is 4.79 Å². The summed E-state index contributed by atoms with van der Waals surface area (Å²) in [5, 5.41) is 1.93. The van der Waals surface area contributed by atoms with E-state index in [2.05, 4.69) is 10.5 Å². The molecule has 1 N–H and O–H groups in total. The third-order valence-electron chi connectivity index (χ3n) is 3.53. The van der Waals surface area contributed by atoms with Gasteiger partial charge in [0, 0.05) is 17.3 Å². The van der Waals surface area contributed by atoms with Crippen molar-refractivity contribution in [2.24, 2.45) is 0 Å². The van der Waals surface area contributed by atoms with Crippen LogP contribution >= 0.6 is 0 Å². The monoisotopic (exact) mass is 287 g/mol. The summed E-state index contributed by atoms with van der Waals surface area (Å²) < 4.78 is 5.09. The van der Waals surface area contributed by atoms with E-state index in [-0.39, 0.29) is 12.1 Å². The average molecular weight is 287 g/mol. The van der Waals surface area contributed by atoms with Gasteiger partial charge < -0.3 is 4.74 Å². The van der Waals surface area contributed by atoms with Gasteiger partial charge in [-0.25, -0.2) is 4.79 Å². The molecule has 1 fully saturated rings. The molecular weight excluding hydrogens is 270 g/mol. The van der Waals surface area contributed by atoms with E-state index in [1.807, 2.05) is 32.0 Å². The van der Waals surface area contributed by atoms with Crippen molar-refractivity contribution in [1.29, 1.82) is 0 Å². The quantitative estimate of drug-likeness (QED) is 0.879. The third kappa shape index (κ3) is 2.38. The first kappa shape index (κ1) is 13.6. The van der Waals surface area contributed by atoms with Gasteiger partial charge in [-0.3, -0.25) is 20.2 Å². The zero-order valence-electron chi connectivity index (χ0n) is 12.2. The van der Waals surface area contributed by atoms with Gasteiger partial charge in [0.05, 0.1) is 24.5 Å². The lowest BCUT2D eigenvalue weighted by molar-refractivity contribution is 0.179. The van der Waals surface area contributed by atoms with Crippen molar-refractivity contribution in [1.82, 2.24) is 4.98 Å². The van der Waals surface area contributed by atoms with Crippen LogP contribution in [0.3, 0.4) is 0 Å². The highest BCUT2D eigenvalue weighted by Crippen LogP contribution is 2.32. The topological polar surface area (TPSA) is 63.7 Å². The van der Waals surface area contributed by atoms with Crippen LogP contribution in [0.25, 0.3) is 10.8 Å². The summed E-state index contributed by atoms with van der Waals surface area (Å²) in [6.07, 6.45) is 1.47. The Morgan fingerprint density at radius 1 is 1.43 bits per heavy atom. The van der Waals surface area contributed by atoms with E-state index in [1.54, 1.807) is 18.2 Å². The number of ether oxygens (including phenoxy) is 1. The highest BCUT2D eigenvalue weighted by molar-refractivity contribution is 6.00. The fourth-order valence-electron chi connectivity index (χ4n) is 2.56. The maximum atomic E-state index is 11.9. The first-order valence-electron chi connectivity index (χ1n) is 6.75. The van der Waals surface area contributed by atoms with Crippen molar-refractivity contribution in [2.75, 3.05) is 24.1 Å². The first-order chi connectivity index (χ1) is 10.1. The maximum Gasteiger partial charge on any atom is 0.414 e. The SMILES string of the molecule is CONc1cc(N2C(=O)OCC2C)cc2cc(C)ncc12. The van der Waals surface area contributed by atoms with Crippen molar-refractivity contribution in [3.8, 4) is 0 Å². The van der Waals surface area contributed by atoms with E-state index in [4.69, 9.17) is 9.57 Å². The molecule has 1 atom stereocenters. The molecule has 2 aromatic rings. The number of hydrogen-bond acceptors (Lipinski definition) is 5. The molecule has 3 rings (SSSR count). The lowest BCUT2D eigenvalue weighted by Gasteiger charge is -2.20. The molecule has 1 aliphatic heterocycles. The van der Waals surface area contributed by atoms with Crippen LogP contribution in [-0.4, -0.2) is 30.8 Å². The number of carbonyl (C=O) groups is 1. The Kier molecular flexibility index (Phi) is 3.39. The van der Waals surface area contributed by atoms with Crippen molar-refractivity contribution < 1.29 is 14.4 Å². The zero-order chi connectivity index (χ0) is 15.0. The smallest absolute Gasteiger partial charge is 0.414 e. The van der Waals surface area contributed by atoms with E-state index in [0.29, 0.717) is 6.61 Å². The van der Waals surface area contributed by atoms with E-state index in [0.717, 1.165) is 27.8 Å². The fourth-order valence-corrected chi connectivity index (χ4v) is 2.56. The normalized spacial score (nSPS) is 18.1. The number of rotatable bonds is 3. The van der Waals surface area contributed by atoms with Gasteiger partial charge in [-0.1, -0.05) is 0 Å². The number of aryl methyl sites for hydroxylation is 1. The number of aromatic nitrogens is 1. The minimum Gasteiger partial charge on any atom is -0.447 e. The van der Waals surface area contributed by atoms with Crippen LogP contribution in [0.2, 0.25) is 0 Å². The molecule has 1 aromatic heterocycles. The Morgan fingerprint density at radius 3 is 2.90 bits per heavy atom. The van der Waals surface area contributed by atoms with Crippen LogP contribution in [0, 0.1) is 6.92 Å². The molecule has 1 saturated heterocycles. The van der Waals surface area contributed by atoms with Crippen LogP contribution in [0.4, 0.5) is 16.2 Å². The number of fused-ring (bicyclic) bond motifs is 1. The predicted octanol–water partition coefficient (Wildman–Crippen LogP) is 2.86. The number of nitrogens with one attached hydrogen (secondary N) is 1.